The zero-order valence-electron chi connectivity index (χ0n) is 7.34. The van der Waals surface area contributed by atoms with Gasteiger partial charge in [-0.3, -0.25) is 0 Å². The third-order valence-electron chi connectivity index (χ3n) is 1.62. The van der Waals surface area contributed by atoms with Crippen LogP contribution in [-0.2, 0) is 14.7 Å². The van der Waals surface area contributed by atoms with Gasteiger partial charge < -0.3 is 0 Å². The SMILES string of the molecule is Cc1cccc2c1[N]N=C2.[Cl][Ti]([Cl])[Cl]. The first-order valence-electron chi connectivity index (χ1n) is 3.78. The van der Waals surface area contributed by atoms with E-state index in [1.54, 1.807) is 6.21 Å². The van der Waals surface area contributed by atoms with Crippen molar-refractivity contribution in [3.63, 3.8) is 0 Å². The van der Waals surface area contributed by atoms with Crippen LogP contribution in [0.15, 0.2) is 23.3 Å². The van der Waals surface area contributed by atoms with Crippen LogP contribution in [0.5, 0.6) is 0 Å². The molecule has 0 spiro atoms. The number of rotatable bonds is 0. The Morgan fingerprint density at radius 2 is 1.86 bits per heavy atom. The van der Waals surface area contributed by atoms with E-state index >= 15 is 0 Å². The van der Waals surface area contributed by atoms with Crippen LogP contribution < -0.4 is 5.43 Å². The molecule has 0 atom stereocenters. The van der Waals surface area contributed by atoms with Gasteiger partial charge in [0.05, 0.1) is 11.9 Å². The summed E-state index contributed by atoms with van der Waals surface area (Å²) < 4.78 is 0. The normalized spacial score (nSPS) is 11.1. The molecule has 14 heavy (non-hydrogen) atoms. The van der Waals surface area contributed by atoms with E-state index in [1.807, 2.05) is 25.1 Å². The second-order valence-corrected chi connectivity index (χ2v) is 10.3. The minimum atomic E-state index is -1.92. The summed E-state index contributed by atoms with van der Waals surface area (Å²) in [5.41, 5.74) is 7.30. The van der Waals surface area contributed by atoms with Crippen molar-refractivity contribution in [1.82, 2.24) is 5.43 Å². The van der Waals surface area contributed by atoms with Gasteiger partial charge in [0.25, 0.3) is 0 Å². The second kappa shape index (κ2) is 5.99. The molecule has 6 heteroatoms. The molecule has 0 saturated carbocycles. The molecule has 1 aliphatic heterocycles. The molecular weight excluding hydrogens is 278 g/mol. The average molecular weight is 285 g/mol. The van der Waals surface area contributed by atoms with Crippen molar-refractivity contribution in [2.45, 2.75) is 6.92 Å². The average Bonchev–Trinajstić information content (AvgIpc) is 2.52. The number of aryl methyl sites for hydroxylation is 1. The van der Waals surface area contributed by atoms with E-state index in [4.69, 9.17) is 27.9 Å². The zero-order valence-corrected chi connectivity index (χ0v) is 11.2. The number of hydrogen-bond acceptors (Lipinski definition) is 1. The first-order valence-corrected chi connectivity index (χ1v) is 10.2. The molecule has 74 valence electrons. The minimum absolute atomic E-state index is 1.02. The Bertz CT molecular complexity index is 339. The molecule has 1 aromatic rings. The Hall–Kier alpha value is 0.274. The van der Waals surface area contributed by atoms with E-state index in [0.717, 1.165) is 11.3 Å². The van der Waals surface area contributed by atoms with E-state index in [-0.39, 0.29) is 0 Å². The van der Waals surface area contributed by atoms with Crippen LogP contribution in [0, 0.1) is 6.92 Å². The fourth-order valence-electron chi connectivity index (χ4n) is 1.07. The zero-order chi connectivity index (χ0) is 10.6. The number of nitrogens with zero attached hydrogens (tertiary/aromatic N) is 2. The van der Waals surface area contributed by atoms with E-state index in [9.17, 15) is 0 Å². The van der Waals surface area contributed by atoms with Gasteiger partial charge in [-0.15, -0.1) is 0 Å². The molecule has 2 rings (SSSR count). The van der Waals surface area contributed by atoms with E-state index in [0.29, 0.717) is 0 Å². The Kier molecular flexibility index (Phi) is 5.28. The molecule has 0 N–H and O–H groups in total. The molecular formula is C8H7Cl3N2Ti. The van der Waals surface area contributed by atoms with Gasteiger partial charge in [0.15, 0.2) is 0 Å². The third-order valence-corrected chi connectivity index (χ3v) is 1.62. The van der Waals surface area contributed by atoms with Gasteiger partial charge in [-0.2, -0.15) is 10.5 Å². The maximum atomic E-state index is 4.97. The summed E-state index contributed by atoms with van der Waals surface area (Å²) in [5, 5.41) is 3.81. The summed E-state index contributed by atoms with van der Waals surface area (Å²) in [5.74, 6) is 0. The molecule has 1 radical (unpaired) electrons. The third kappa shape index (κ3) is 3.80. The topological polar surface area (TPSA) is 26.5 Å². The first-order chi connectivity index (χ1) is 6.61. The molecule has 0 saturated heterocycles. The van der Waals surface area contributed by atoms with E-state index in [1.165, 1.54) is 5.56 Å². The van der Waals surface area contributed by atoms with Gasteiger partial charge in [0.1, 0.15) is 0 Å². The standard InChI is InChI=1S/C8H7N2.3ClH.Ti/c1-6-3-2-4-7-5-9-10-8(6)7;;;;/h2-5H,1H3;3*1H;/q;;;;+3/p-3. The molecule has 0 amide bonds. The maximum absolute atomic E-state index is 4.97. The molecule has 2 nitrogen and oxygen atoms in total. The summed E-state index contributed by atoms with van der Waals surface area (Å²) in [4.78, 5) is 0. The van der Waals surface area contributed by atoms with Gasteiger partial charge in [-0.1, -0.05) is 18.2 Å². The summed E-state index contributed by atoms with van der Waals surface area (Å²) in [6, 6.07) is 6.07. The molecule has 0 aromatic heterocycles. The predicted molar refractivity (Wildman–Crippen MR) is 58.1 cm³/mol. The van der Waals surface area contributed by atoms with Crippen LogP contribution >= 0.6 is 27.9 Å². The summed E-state index contributed by atoms with van der Waals surface area (Å²) in [6.07, 6.45) is 1.78. The first kappa shape index (κ1) is 12.3. The van der Waals surface area contributed by atoms with Gasteiger partial charge in [-0.05, 0) is 12.5 Å². The van der Waals surface area contributed by atoms with Crippen molar-refractivity contribution < 1.29 is 14.7 Å². The van der Waals surface area contributed by atoms with Crippen LogP contribution in [-0.4, -0.2) is 6.21 Å². The van der Waals surface area contributed by atoms with Crippen molar-refractivity contribution in [3.05, 3.63) is 29.3 Å². The molecule has 1 aliphatic rings. The van der Waals surface area contributed by atoms with Crippen molar-refractivity contribution in [2.75, 3.05) is 0 Å². The van der Waals surface area contributed by atoms with Gasteiger partial charge in [0, 0.05) is 5.56 Å². The predicted octanol–water partition coefficient (Wildman–Crippen LogP) is 3.64. The number of fused-ring (bicyclic) bond motifs is 1. The van der Waals surface area contributed by atoms with E-state index < -0.39 is 14.7 Å². The van der Waals surface area contributed by atoms with Gasteiger partial charge in [0.2, 0.25) is 0 Å². The van der Waals surface area contributed by atoms with Crippen molar-refractivity contribution >= 4 is 39.8 Å². The Balaban J connectivity index is 0.000000213. The van der Waals surface area contributed by atoms with Crippen molar-refractivity contribution in [2.24, 2.45) is 5.10 Å². The van der Waals surface area contributed by atoms with Crippen LogP contribution in [0.4, 0.5) is 5.69 Å². The fourth-order valence-corrected chi connectivity index (χ4v) is 1.07. The van der Waals surface area contributed by atoms with E-state index in [2.05, 4.69) is 10.5 Å². The Labute approximate surface area is 101 Å². The van der Waals surface area contributed by atoms with Crippen LogP contribution in [0.3, 0.4) is 0 Å². The fraction of sp³-hybridized carbons (Fsp3) is 0.125. The monoisotopic (exact) mass is 284 g/mol. The van der Waals surface area contributed by atoms with Crippen LogP contribution in [0.1, 0.15) is 11.1 Å². The second-order valence-electron chi connectivity index (χ2n) is 2.57. The number of benzene rings is 1. The Morgan fingerprint density at radius 1 is 1.21 bits per heavy atom. The van der Waals surface area contributed by atoms with Gasteiger partial charge in [-0.25, -0.2) is 0 Å². The molecule has 0 unspecified atom stereocenters. The summed E-state index contributed by atoms with van der Waals surface area (Å²) in [7, 11) is 14.9. The molecule has 0 fully saturated rings. The molecule has 0 bridgehead atoms. The number of hydrogen-bond donors (Lipinski definition) is 0. The summed E-state index contributed by atoms with van der Waals surface area (Å²) in [6.45, 7) is 2.04. The number of halogens is 3. The molecule has 0 aliphatic carbocycles. The van der Waals surface area contributed by atoms with Crippen molar-refractivity contribution in [3.8, 4) is 0 Å². The Morgan fingerprint density at radius 3 is 2.43 bits per heavy atom. The van der Waals surface area contributed by atoms with Crippen molar-refractivity contribution in [1.29, 1.82) is 0 Å². The van der Waals surface area contributed by atoms with Gasteiger partial charge >= 0.3 is 42.6 Å². The quantitative estimate of drug-likeness (QED) is 0.651. The van der Waals surface area contributed by atoms with Crippen LogP contribution in [0.25, 0.3) is 0 Å². The molecule has 1 heterocycles. The van der Waals surface area contributed by atoms with Crippen LogP contribution in [0.2, 0.25) is 0 Å². The summed E-state index contributed by atoms with van der Waals surface area (Å²) >= 11 is -1.92. The molecule has 1 aromatic carbocycles.